The summed E-state index contributed by atoms with van der Waals surface area (Å²) in [6.07, 6.45) is 1.74. The summed E-state index contributed by atoms with van der Waals surface area (Å²) in [5.74, 6) is -0.625. The highest BCUT2D eigenvalue weighted by Crippen LogP contribution is 2.31. The first-order chi connectivity index (χ1) is 11.4. The van der Waals surface area contributed by atoms with Gasteiger partial charge in [0.1, 0.15) is 10.8 Å². The van der Waals surface area contributed by atoms with Crippen LogP contribution in [0.5, 0.6) is 5.75 Å². The number of thiazole rings is 1. The largest absolute Gasteiger partial charge is 0.507 e. The number of carbonyl (C=O) groups is 1. The molecule has 2 aromatic carbocycles. The zero-order chi connectivity index (χ0) is 17.3. The van der Waals surface area contributed by atoms with Crippen molar-refractivity contribution in [3.8, 4) is 5.75 Å². The number of hydrogen-bond donors (Lipinski definition) is 2. The highest BCUT2D eigenvalue weighted by atomic mass is 32.1. The number of carboxylic acid groups (broad SMARTS) is 1. The molecule has 0 saturated carbocycles. The quantitative estimate of drug-likeness (QED) is 0.727. The van der Waals surface area contributed by atoms with E-state index >= 15 is 0 Å². The Hall–Kier alpha value is -2.66. The maximum absolute atomic E-state index is 11.3. The second-order valence-electron chi connectivity index (χ2n) is 5.73. The fourth-order valence-corrected chi connectivity index (χ4v) is 3.61. The molecule has 0 amide bonds. The standard InChI is InChI=1S/C19H17NO3S/c1-11-7-13(8-12(2)18(11)23)9-14(10-17(21)22)19-20-15-5-3-4-6-16(15)24-19/h3-9,23H,10H2,1-2H3,(H,21,22). The Balaban J connectivity index is 2.10. The second-order valence-corrected chi connectivity index (χ2v) is 6.76. The van der Waals surface area contributed by atoms with Gasteiger partial charge in [0.2, 0.25) is 0 Å². The van der Waals surface area contributed by atoms with E-state index in [1.54, 1.807) is 0 Å². The molecule has 0 atom stereocenters. The van der Waals surface area contributed by atoms with Gasteiger partial charge in [0.05, 0.1) is 16.6 Å². The lowest BCUT2D eigenvalue weighted by Crippen LogP contribution is -1.97. The molecule has 5 heteroatoms. The molecule has 0 radical (unpaired) electrons. The minimum atomic E-state index is -0.896. The fourth-order valence-electron chi connectivity index (χ4n) is 2.63. The third-order valence-corrected chi connectivity index (χ3v) is 4.88. The number of aromatic nitrogens is 1. The highest BCUT2D eigenvalue weighted by Gasteiger charge is 2.13. The molecule has 3 rings (SSSR count). The molecule has 2 N–H and O–H groups in total. The predicted octanol–water partition coefficient (Wildman–Crippen LogP) is 4.63. The number of aryl methyl sites for hydroxylation is 2. The molecule has 4 nitrogen and oxygen atoms in total. The number of aliphatic carboxylic acids is 1. The first kappa shape index (κ1) is 16.2. The predicted molar refractivity (Wildman–Crippen MR) is 97.3 cm³/mol. The Morgan fingerprint density at radius 1 is 1.21 bits per heavy atom. The van der Waals surface area contributed by atoms with Gasteiger partial charge in [-0.1, -0.05) is 12.1 Å². The zero-order valence-electron chi connectivity index (χ0n) is 13.4. The van der Waals surface area contributed by atoms with Crippen LogP contribution in [0, 0.1) is 13.8 Å². The second kappa shape index (κ2) is 6.45. The molecule has 0 fully saturated rings. The number of carboxylic acids is 1. The van der Waals surface area contributed by atoms with Crippen molar-refractivity contribution in [1.29, 1.82) is 0 Å². The summed E-state index contributed by atoms with van der Waals surface area (Å²) in [6.45, 7) is 3.66. The van der Waals surface area contributed by atoms with Crippen molar-refractivity contribution in [1.82, 2.24) is 4.98 Å². The van der Waals surface area contributed by atoms with Gasteiger partial charge in [-0.05, 0) is 66.5 Å². The van der Waals surface area contributed by atoms with Crippen LogP contribution in [0.15, 0.2) is 36.4 Å². The maximum atomic E-state index is 11.3. The van der Waals surface area contributed by atoms with E-state index in [4.69, 9.17) is 0 Å². The number of fused-ring (bicyclic) bond motifs is 1. The topological polar surface area (TPSA) is 70.4 Å². The van der Waals surface area contributed by atoms with Crippen LogP contribution >= 0.6 is 11.3 Å². The van der Waals surface area contributed by atoms with Crippen molar-refractivity contribution >= 4 is 39.2 Å². The van der Waals surface area contributed by atoms with Crippen LogP contribution in [0.2, 0.25) is 0 Å². The maximum Gasteiger partial charge on any atom is 0.307 e. The molecule has 1 heterocycles. The monoisotopic (exact) mass is 339 g/mol. The lowest BCUT2D eigenvalue weighted by atomic mass is 10.0. The Bertz CT molecular complexity index is 900. The lowest BCUT2D eigenvalue weighted by Gasteiger charge is -2.07. The molecule has 0 aliphatic heterocycles. The van der Waals surface area contributed by atoms with E-state index < -0.39 is 5.97 Å². The van der Waals surface area contributed by atoms with E-state index in [0.717, 1.165) is 26.9 Å². The Morgan fingerprint density at radius 2 is 1.88 bits per heavy atom. The van der Waals surface area contributed by atoms with Gasteiger partial charge >= 0.3 is 5.97 Å². The molecule has 0 saturated heterocycles. The van der Waals surface area contributed by atoms with Gasteiger partial charge < -0.3 is 10.2 Å². The van der Waals surface area contributed by atoms with Crippen LogP contribution in [0.4, 0.5) is 0 Å². The summed E-state index contributed by atoms with van der Waals surface area (Å²) in [5.41, 5.74) is 3.92. The van der Waals surface area contributed by atoms with E-state index in [1.165, 1.54) is 11.3 Å². The van der Waals surface area contributed by atoms with Crippen LogP contribution in [-0.4, -0.2) is 21.2 Å². The first-order valence-corrected chi connectivity index (χ1v) is 8.34. The van der Waals surface area contributed by atoms with Crippen LogP contribution in [0.25, 0.3) is 21.9 Å². The van der Waals surface area contributed by atoms with Gasteiger partial charge in [-0.2, -0.15) is 0 Å². The molecule has 0 aliphatic rings. The van der Waals surface area contributed by atoms with Crippen molar-refractivity contribution in [2.75, 3.05) is 0 Å². The Kier molecular flexibility index (Phi) is 4.36. The minimum absolute atomic E-state index is 0.0984. The highest BCUT2D eigenvalue weighted by molar-refractivity contribution is 7.19. The number of rotatable bonds is 4. The van der Waals surface area contributed by atoms with Crippen LogP contribution in [0.1, 0.15) is 28.1 Å². The van der Waals surface area contributed by atoms with Crippen LogP contribution in [-0.2, 0) is 4.79 Å². The van der Waals surface area contributed by atoms with E-state index in [1.807, 2.05) is 56.3 Å². The van der Waals surface area contributed by atoms with E-state index in [-0.39, 0.29) is 12.2 Å². The average Bonchev–Trinajstić information content (AvgIpc) is 2.95. The molecule has 1 aromatic heterocycles. The average molecular weight is 339 g/mol. The first-order valence-electron chi connectivity index (χ1n) is 7.52. The smallest absolute Gasteiger partial charge is 0.307 e. The molecular weight excluding hydrogens is 322 g/mol. The summed E-state index contributed by atoms with van der Waals surface area (Å²) in [4.78, 5) is 15.8. The summed E-state index contributed by atoms with van der Waals surface area (Å²) in [5, 5.41) is 19.9. The van der Waals surface area contributed by atoms with Crippen molar-refractivity contribution < 1.29 is 15.0 Å². The van der Waals surface area contributed by atoms with Gasteiger partial charge in [0.25, 0.3) is 0 Å². The third-order valence-electron chi connectivity index (χ3n) is 3.76. The molecule has 0 unspecified atom stereocenters. The number of hydrogen-bond acceptors (Lipinski definition) is 4. The van der Waals surface area contributed by atoms with Crippen molar-refractivity contribution in [2.45, 2.75) is 20.3 Å². The third kappa shape index (κ3) is 3.31. The number of benzene rings is 2. The molecule has 24 heavy (non-hydrogen) atoms. The van der Waals surface area contributed by atoms with Gasteiger partial charge in [-0.25, -0.2) is 4.98 Å². The summed E-state index contributed by atoms with van der Waals surface area (Å²) in [7, 11) is 0. The van der Waals surface area contributed by atoms with Gasteiger partial charge in [-0.3, -0.25) is 4.79 Å². The molecule has 122 valence electrons. The normalized spacial score (nSPS) is 11.8. The molecule has 0 bridgehead atoms. The molecule has 0 aliphatic carbocycles. The van der Waals surface area contributed by atoms with Crippen molar-refractivity contribution in [2.24, 2.45) is 0 Å². The van der Waals surface area contributed by atoms with Crippen molar-refractivity contribution in [3.63, 3.8) is 0 Å². The molecule has 0 spiro atoms. The number of phenolic OH excluding ortho intramolecular Hbond substituents is 1. The number of nitrogens with zero attached hydrogens (tertiary/aromatic N) is 1. The Morgan fingerprint density at radius 3 is 2.50 bits per heavy atom. The number of para-hydroxylation sites is 1. The minimum Gasteiger partial charge on any atom is -0.507 e. The van der Waals surface area contributed by atoms with Gasteiger partial charge in [0, 0.05) is 0 Å². The van der Waals surface area contributed by atoms with E-state index in [2.05, 4.69) is 4.98 Å². The number of aromatic hydroxyl groups is 1. The zero-order valence-corrected chi connectivity index (χ0v) is 14.2. The van der Waals surface area contributed by atoms with Crippen LogP contribution in [0.3, 0.4) is 0 Å². The molecular formula is C19H17NO3S. The van der Waals surface area contributed by atoms with E-state index in [0.29, 0.717) is 10.6 Å². The van der Waals surface area contributed by atoms with Gasteiger partial charge in [0.15, 0.2) is 0 Å². The van der Waals surface area contributed by atoms with Gasteiger partial charge in [-0.15, -0.1) is 11.3 Å². The Labute approximate surface area is 143 Å². The lowest BCUT2D eigenvalue weighted by molar-refractivity contribution is -0.135. The summed E-state index contributed by atoms with van der Waals surface area (Å²) in [6, 6.07) is 11.4. The number of phenols is 1. The van der Waals surface area contributed by atoms with E-state index in [9.17, 15) is 15.0 Å². The fraction of sp³-hybridized carbons (Fsp3) is 0.158. The SMILES string of the molecule is Cc1cc(C=C(CC(=O)O)c2nc3ccccc3s2)cc(C)c1O. The van der Waals surface area contributed by atoms with Crippen LogP contribution < -0.4 is 0 Å². The van der Waals surface area contributed by atoms with Crippen molar-refractivity contribution in [3.05, 3.63) is 58.1 Å². The summed E-state index contributed by atoms with van der Waals surface area (Å²) < 4.78 is 1.03. The molecule has 3 aromatic rings. The summed E-state index contributed by atoms with van der Waals surface area (Å²) >= 11 is 1.49.